The largest absolute Gasteiger partial charge is 0.452 e. The summed E-state index contributed by atoms with van der Waals surface area (Å²) in [4.78, 5) is 27.5. The van der Waals surface area contributed by atoms with Crippen molar-refractivity contribution in [3.05, 3.63) is 48.0 Å². The Morgan fingerprint density at radius 2 is 2.04 bits per heavy atom. The molecule has 7 heteroatoms. The van der Waals surface area contributed by atoms with E-state index in [2.05, 4.69) is 22.3 Å². The minimum Gasteiger partial charge on any atom is -0.452 e. The second kappa shape index (κ2) is 8.81. The topological polar surface area (TPSA) is 86.1 Å². The molecule has 128 valence electrons. The molecule has 1 aromatic carbocycles. The van der Waals surface area contributed by atoms with Crippen LogP contribution in [0.4, 0.5) is 0 Å². The van der Waals surface area contributed by atoms with E-state index in [1.54, 1.807) is 23.1 Å². The average molecular weight is 330 g/mol. The first-order chi connectivity index (χ1) is 11.6. The standard InChI is InChI=1S/C17H22N4O3/c1-3-4-13(2)20-16(22)10-24-17(23)15-7-5-14(6-8-15)9-21-12-18-11-19-21/h5-8,11-13H,3-4,9-10H2,1-2H3,(H,20,22). The van der Waals surface area contributed by atoms with Crippen LogP contribution in [0.3, 0.4) is 0 Å². The van der Waals surface area contributed by atoms with Gasteiger partial charge in [0, 0.05) is 6.04 Å². The minimum absolute atomic E-state index is 0.0808. The highest BCUT2D eigenvalue weighted by atomic mass is 16.5. The molecule has 0 spiro atoms. The summed E-state index contributed by atoms with van der Waals surface area (Å²) in [5.41, 5.74) is 1.40. The van der Waals surface area contributed by atoms with Crippen molar-refractivity contribution in [1.29, 1.82) is 0 Å². The van der Waals surface area contributed by atoms with E-state index in [9.17, 15) is 9.59 Å². The number of rotatable bonds is 8. The molecule has 1 heterocycles. The van der Waals surface area contributed by atoms with Crippen LogP contribution in [0, 0.1) is 0 Å². The van der Waals surface area contributed by atoms with E-state index >= 15 is 0 Å². The number of nitrogens with zero attached hydrogens (tertiary/aromatic N) is 3. The first-order valence-corrected chi connectivity index (χ1v) is 7.96. The molecule has 0 aliphatic heterocycles. The second-order valence-electron chi connectivity index (χ2n) is 5.62. The summed E-state index contributed by atoms with van der Waals surface area (Å²) in [5, 5.41) is 6.81. The Morgan fingerprint density at radius 1 is 1.29 bits per heavy atom. The molecule has 0 fully saturated rings. The van der Waals surface area contributed by atoms with Gasteiger partial charge in [0.15, 0.2) is 6.61 Å². The summed E-state index contributed by atoms with van der Waals surface area (Å²) in [7, 11) is 0. The fraction of sp³-hybridized carbons (Fsp3) is 0.412. The molecule has 24 heavy (non-hydrogen) atoms. The van der Waals surface area contributed by atoms with Crippen molar-refractivity contribution >= 4 is 11.9 Å². The number of amides is 1. The predicted molar refractivity (Wildman–Crippen MR) is 88.4 cm³/mol. The highest BCUT2D eigenvalue weighted by molar-refractivity contribution is 5.91. The van der Waals surface area contributed by atoms with E-state index in [-0.39, 0.29) is 18.6 Å². The molecule has 0 aliphatic carbocycles. The molecule has 2 rings (SSSR count). The van der Waals surface area contributed by atoms with Crippen LogP contribution in [0.25, 0.3) is 0 Å². The van der Waals surface area contributed by atoms with Crippen LogP contribution in [-0.2, 0) is 16.1 Å². The minimum atomic E-state index is -0.513. The normalized spacial score (nSPS) is 11.8. The number of carbonyl (C=O) groups excluding carboxylic acids is 2. The van der Waals surface area contributed by atoms with Crippen molar-refractivity contribution < 1.29 is 14.3 Å². The maximum Gasteiger partial charge on any atom is 0.338 e. The van der Waals surface area contributed by atoms with Gasteiger partial charge in [-0.2, -0.15) is 5.10 Å². The number of carbonyl (C=O) groups is 2. The van der Waals surface area contributed by atoms with Crippen molar-refractivity contribution in [1.82, 2.24) is 20.1 Å². The first kappa shape index (κ1) is 17.7. The Labute approximate surface area is 141 Å². The highest BCUT2D eigenvalue weighted by Crippen LogP contribution is 2.07. The smallest absolute Gasteiger partial charge is 0.338 e. The van der Waals surface area contributed by atoms with Gasteiger partial charge in [-0.15, -0.1) is 0 Å². The van der Waals surface area contributed by atoms with Crippen molar-refractivity contribution in [3.8, 4) is 0 Å². The van der Waals surface area contributed by atoms with Crippen molar-refractivity contribution in [2.45, 2.75) is 39.3 Å². The summed E-state index contributed by atoms with van der Waals surface area (Å²) in [5.74, 6) is -0.798. The molecular weight excluding hydrogens is 308 g/mol. The lowest BCUT2D eigenvalue weighted by Gasteiger charge is -2.12. The van der Waals surface area contributed by atoms with E-state index in [0.29, 0.717) is 12.1 Å². The van der Waals surface area contributed by atoms with E-state index in [1.165, 1.54) is 6.33 Å². The summed E-state index contributed by atoms with van der Waals surface area (Å²) >= 11 is 0. The SMILES string of the molecule is CCCC(C)NC(=O)COC(=O)c1ccc(Cn2cncn2)cc1. The zero-order valence-corrected chi connectivity index (χ0v) is 13.9. The molecule has 0 aliphatic rings. The maximum atomic E-state index is 12.0. The first-order valence-electron chi connectivity index (χ1n) is 7.96. The van der Waals surface area contributed by atoms with Crippen LogP contribution in [0.5, 0.6) is 0 Å². The number of benzene rings is 1. The van der Waals surface area contributed by atoms with Crippen LogP contribution >= 0.6 is 0 Å². The number of hydrogen-bond donors (Lipinski definition) is 1. The van der Waals surface area contributed by atoms with Gasteiger partial charge in [-0.3, -0.25) is 4.79 Å². The summed E-state index contributed by atoms with van der Waals surface area (Å²) < 4.78 is 6.73. The number of nitrogens with one attached hydrogen (secondary N) is 1. The van der Waals surface area contributed by atoms with Gasteiger partial charge in [-0.25, -0.2) is 14.5 Å². The molecule has 7 nitrogen and oxygen atoms in total. The molecule has 1 amide bonds. The van der Waals surface area contributed by atoms with Crippen molar-refractivity contribution in [2.75, 3.05) is 6.61 Å². The summed E-state index contributed by atoms with van der Waals surface area (Å²) in [6.45, 7) is 4.28. The number of aromatic nitrogens is 3. The molecule has 0 bridgehead atoms. The Morgan fingerprint density at radius 3 is 2.67 bits per heavy atom. The van der Waals surface area contributed by atoms with Gasteiger partial charge in [-0.1, -0.05) is 25.5 Å². The lowest BCUT2D eigenvalue weighted by atomic mass is 10.1. The van der Waals surface area contributed by atoms with Gasteiger partial charge in [0.1, 0.15) is 12.7 Å². The van der Waals surface area contributed by atoms with Gasteiger partial charge in [0.05, 0.1) is 12.1 Å². The molecular formula is C17H22N4O3. The van der Waals surface area contributed by atoms with Gasteiger partial charge in [0.2, 0.25) is 0 Å². The lowest BCUT2D eigenvalue weighted by molar-refractivity contribution is -0.124. The molecule has 0 saturated carbocycles. The Balaban J connectivity index is 1.81. The van der Waals surface area contributed by atoms with Crippen molar-refractivity contribution in [3.63, 3.8) is 0 Å². The predicted octanol–water partition coefficient (Wildman–Crippen LogP) is 1.79. The van der Waals surface area contributed by atoms with Crippen molar-refractivity contribution in [2.24, 2.45) is 0 Å². The summed E-state index contributed by atoms with van der Waals surface area (Å²) in [6, 6.07) is 7.07. The molecule has 0 radical (unpaired) electrons. The molecule has 1 N–H and O–H groups in total. The molecule has 2 aromatic rings. The third kappa shape index (κ3) is 5.49. The Hall–Kier alpha value is -2.70. The number of hydrogen-bond acceptors (Lipinski definition) is 5. The monoisotopic (exact) mass is 330 g/mol. The van der Waals surface area contributed by atoms with E-state index in [0.717, 1.165) is 18.4 Å². The third-order valence-electron chi connectivity index (χ3n) is 3.46. The molecule has 0 saturated heterocycles. The highest BCUT2D eigenvalue weighted by Gasteiger charge is 2.12. The lowest BCUT2D eigenvalue weighted by Crippen LogP contribution is -2.35. The molecule has 1 aromatic heterocycles. The zero-order chi connectivity index (χ0) is 17.4. The number of ether oxygens (including phenoxy) is 1. The average Bonchev–Trinajstić information content (AvgIpc) is 3.06. The van der Waals surface area contributed by atoms with Crippen LogP contribution in [0.1, 0.15) is 42.6 Å². The van der Waals surface area contributed by atoms with Gasteiger partial charge < -0.3 is 10.1 Å². The maximum absolute atomic E-state index is 12.0. The second-order valence-corrected chi connectivity index (χ2v) is 5.62. The van der Waals surface area contributed by atoms with Crippen LogP contribution in [0.15, 0.2) is 36.9 Å². The Kier molecular flexibility index (Phi) is 6.48. The Bertz CT molecular complexity index is 653. The van der Waals surface area contributed by atoms with Crippen LogP contribution in [-0.4, -0.2) is 39.3 Å². The van der Waals surface area contributed by atoms with E-state index in [1.807, 2.05) is 19.1 Å². The molecule has 1 atom stereocenters. The van der Waals surface area contributed by atoms with Crippen LogP contribution < -0.4 is 5.32 Å². The molecule has 1 unspecified atom stereocenters. The third-order valence-corrected chi connectivity index (χ3v) is 3.46. The summed E-state index contributed by atoms with van der Waals surface area (Å²) in [6.07, 6.45) is 4.98. The van der Waals surface area contributed by atoms with Gasteiger partial charge in [-0.05, 0) is 31.0 Å². The zero-order valence-electron chi connectivity index (χ0n) is 13.9. The quantitative estimate of drug-likeness (QED) is 0.746. The fourth-order valence-corrected chi connectivity index (χ4v) is 2.28. The fourth-order valence-electron chi connectivity index (χ4n) is 2.28. The van der Waals surface area contributed by atoms with Gasteiger partial charge in [0.25, 0.3) is 5.91 Å². The van der Waals surface area contributed by atoms with E-state index < -0.39 is 5.97 Å². The van der Waals surface area contributed by atoms with Crippen LogP contribution in [0.2, 0.25) is 0 Å². The van der Waals surface area contributed by atoms with E-state index in [4.69, 9.17) is 4.74 Å². The number of esters is 1. The van der Waals surface area contributed by atoms with Gasteiger partial charge >= 0.3 is 5.97 Å².